The van der Waals surface area contributed by atoms with E-state index in [2.05, 4.69) is 52.5 Å². The normalized spacial score (nSPS) is 36.1. The van der Waals surface area contributed by atoms with Crippen molar-refractivity contribution in [1.82, 2.24) is 0 Å². The lowest BCUT2D eigenvalue weighted by atomic mass is 9.90. The van der Waals surface area contributed by atoms with Crippen molar-refractivity contribution >= 4 is 59.7 Å². The van der Waals surface area contributed by atoms with Gasteiger partial charge in [0.2, 0.25) is 0 Å². The number of rotatable bonds is 0. The number of alkyl halides is 1. The third-order valence-corrected chi connectivity index (χ3v) is 4.22. The maximum absolute atomic E-state index is 11.4. The Hall–Kier alpha value is 0.0600. The minimum atomic E-state index is -1.06. The molecule has 1 heterocycles. The maximum atomic E-state index is 11.4. The Morgan fingerprint density at radius 3 is 2.64 bits per heavy atom. The molecule has 1 aliphatic carbocycles. The molecule has 0 aromatic rings. The van der Waals surface area contributed by atoms with Crippen molar-refractivity contribution in [2.24, 2.45) is 5.92 Å². The second-order valence-corrected chi connectivity index (χ2v) is 6.11. The Balaban J connectivity index is 2.57. The molecular weight excluding hydrogens is 384 g/mol. The molecule has 0 bridgehead atoms. The molecule has 2 unspecified atom stereocenters. The first-order chi connectivity index (χ1) is 6.45. The van der Waals surface area contributed by atoms with Gasteiger partial charge in [-0.25, -0.2) is 4.79 Å². The van der Waals surface area contributed by atoms with Crippen molar-refractivity contribution < 1.29 is 14.3 Å². The zero-order valence-corrected chi connectivity index (χ0v) is 11.3. The van der Waals surface area contributed by atoms with Crippen molar-refractivity contribution in [1.29, 1.82) is 0 Å². The molecule has 74 valence electrons. The molecule has 0 amide bonds. The second kappa shape index (κ2) is 3.28. The van der Waals surface area contributed by atoms with Gasteiger partial charge in [0.05, 0.1) is 0 Å². The summed E-state index contributed by atoms with van der Waals surface area (Å²) < 4.78 is 4.86. The molecule has 3 nitrogen and oxygen atoms in total. The van der Waals surface area contributed by atoms with Gasteiger partial charge in [0.25, 0.3) is 0 Å². The molecule has 2 rings (SSSR count). The van der Waals surface area contributed by atoms with Gasteiger partial charge in [-0.1, -0.05) is 47.8 Å². The van der Waals surface area contributed by atoms with Crippen molar-refractivity contribution in [2.75, 3.05) is 0 Å². The van der Waals surface area contributed by atoms with Crippen LogP contribution in [0.15, 0.2) is 21.1 Å². The van der Waals surface area contributed by atoms with Crippen molar-refractivity contribution in [3.8, 4) is 0 Å². The molecule has 0 radical (unpaired) electrons. The summed E-state index contributed by atoms with van der Waals surface area (Å²) in [6.45, 7) is 0. The van der Waals surface area contributed by atoms with E-state index in [4.69, 9.17) is 0 Å². The summed E-state index contributed by atoms with van der Waals surface area (Å²) in [5.74, 6) is -1.72. The minimum absolute atomic E-state index is 0.536. The van der Waals surface area contributed by atoms with Crippen LogP contribution in [-0.2, 0) is 14.3 Å². The number of hydrogen-bond acceptors (Lipinski definition) is 3. The van der Waals surface area contributed by atoms with Crippen LogP contribution in [0.3, 0.4) is 0 Å². The fourth-order valence-electron chi connectivity index (χ4n) is 1.43. The van der Waals surface area contributed by atoms with Gasteiger partial charge in [0, 0.05) is 8.96 Å². The summed E-state index contributed by atoms with van der Waals surface area (Å²) in [7, 11) is 0. The average Bonchev–Trinajstić information content (AvgIpc) is 2.21. The van der Waals surface area contributed by atoms with E-state index >= 15 is 0 Å². The third kappa shape index (κ3) is 1.35. The number of cyclic esters (lactones) is 2. The van der Waals surface area contributed by atoms with Crippen LogP contribution in [-0.4, -0.2) is 16.3 Å². The van der Waals surface area contributed by atoms with Crippen molar-refractivity contribution in [3.05, 3.63) is 21.1 Å². The van der Waals surface area contributed by atoms with Gasteiger partial charge in [-0.3, -0.25) is 4.79 Å². The van der Waals surface area contributed by atoms with Gasteiger partial charge < -0.3 is 4.74 Å². The number of carbonyl (C=O) groups is 2. The Kier molecular flexibility index (Phi) is 2.48. The molecule has 0 saturated carbocycles. The van der Waals surface area contributed by atoms with Crippen LogP contribution in [0, 0.1) is 5.92 Å². The van der Waals surface area contributed by atoms with Gasteiger partial charge in [-0.2, -0.15) is 0 Å². The molecule has 1 aliphatic heterocycles. The lowest BCUT2D eigenvalue weighted by molar-refractivity contribution is -0.152. The van der Waals surface area contributed by atoms with Crippen LogP contribution in [0.4, 0.5) is 0 Å². The van der Waals surface area contributed by atoms with Crippen LogP contribution in [0.25, 0.3) is 0 Å². The van der Waals surface area contributed by atoms with E-state index in [1.54, 1.807) is 12.2 Å². The van der Waals surface area contributed by atoms with E-state index in [1.165, 1.54) is 0 Å². The molecule has 0 spiro atoms. The number of carbonyl (C=O) groups excluding carboxylic acids is 2. The molecule has 2 aliphatic rings. The van der Waals surface area contributed by atoms with E-state index in [-0.39, 0.29) is 0 Å². The minimum Gasteiger partial charge on any atom is -0.391 e. The van der Waals surface area contributed by atoms with E-state index in [9.17, 15) is 9.59 Å². The highest BCUT2D eigenvalue weighted by atomic mass is 79.9. The molecule has 2 atom stereocenters. The van der Waals surface area contributed by atoms with Crippen molar-refractivity contribution in [2.45, 2.75) is 4.32 Å². The fraction of sp³-hybridized carbons (Fsp3) is 0.250. The first-order valence-corrected chi connectivity index (χ1v) is 6.03. The zero-order chi connectivity index (χ0) is 10.5. The highest BCUT2D eigenvalue weighted by Crippen LogP contribution is 2.47. The Morgan fingerprint density at radius 2 is 2.00 bits per heavy atom. The van der Waals surface area contributed by atoms with E-state index < -0.39 is 22.2 Å². The average molecular weight is 387 g/mol. The van der Waals surface area contributed by atoms with Gasteiger partial charge in [0.15, 0.2) is 4.32 Å². The molecule has 6 heteroatoms. The smallest absolute Gasteiger partial charge is 0.335 e. The summed E-state index contributed by atoms with van der Waals surface area (Å²) in [5.41, 5.74) is 0. The molecule has 0 N–H and O–H groups in total. The molecular formula is C8H3Br3O3. The summed E-state index contributed by atoms with van der Waals surface area (Å²) in [4.78, 5) is 22.8. The molecule has 0 aromatic carbocycles. The number of hydrogen-bond donors (Lipinski definition) is 0. The number of ether oxygens (including phenoxy) is 1. The highest BCUT2D eigenvalue weighted by Gasteiger charge is 2.57. The number of esters is 2. The number of allylic oxidation sites excluding steroid dienone is 2. The third-order valence-electron chi connectivity index (χ3n) is 2.06. The van der Waals surface area contributed by atoms with E-state index in [0.29, 0.717) is 4.48 Å². The summed E-state index contributed by atoms with van der Waals surface area (Å²) >= 11 is 9.74. The lowest BCUT2D eigenvalue weighted by Gasteiger charge is -2.23. The molecule has 1 saturated heterocycles. The molecule has 14 heavy (non-hydrogen) atoms. The Morgan fingerprint density at radius 1 is 1.36 bits per heavy atom. The molecule has 0 aromatic heterocycles. The van der Waals surface area contributed by atoms with Crippen molar-refractivity contribution in [3.63, 3.8) is 0 Å². The van der Waals surface area contributed by atoms with Gasteiger partial charge >= 0.3 is 11.9 Å². The van der Waals surface area contributed by atoms with E-state index in [1.807, 2.05) is 0 Å². The van der Waals surface area contributed by atoms with Gasteiger partial charge in [-0.05, 0) is 12.2 Å². The van der Waals surface area contributed by atoms with Crippen LogP contribution in [0.2, 0.25) is 0 Å². The number of halogens is 3. The first-order valence-electron chi connectivity index (χ1n) is 3.65. The Labute approximate surface area is 105 Å². The zero-order valence-electron chi connectivity index (χ0n) is 6.59. The number of fused-ring (bicyclic) bond motifs is 1. The van der Waals surface area contributed by atoms with Crippen LogP contribution >= 0.6 is 47.8 Å². The monoisotopic (exact) mass is 384 g/mol. The van der Waals surface area contributed by atoms with E-state index in [0.717, 1.165) is 4.48 Å². The molecule has 1 fully saturated rings. The predicted molar refractivity (Wildman–Crippen MR) is 60.3 cm³/mol. The largest absolute Gasteiger partial charge is 0.391 e. The van der Waals surface area contributed by atoms with Crippen LogP contribution in [0.1, 0.15) is 0 Å². The first kappa shape index (κ1) is 10.6. The summed E-state index contributed by atoms with van der Waals surface area (Å²) in [5, 5.41) is 0. The maximum Gasteiger partial charge on any atom is 0.335 e. The summed E-state index contributed by atoms with van der Waals surface area (Å²) in [6, 6.07) is 0. The van der Waals surface area contributed by atoms with Gasteiger partial charge in [-0.15, -0.1) is 0 Å². The standard InChI is InChI=1S/C8H3Br3O3/c9-3-1-4(10)5-6(12)14-7(13)8(5,11)2-3/h1-2,5H. The Bertz CT molecular complexity index is 399. The predicted octanol–water partition coefficient (Wildman–Crippen LogP) is 2.39. The SMILES string of the molecule is O=C1OC(=O)C2(Br)C=C(Br)C=C(Br)C12. The van der Waals surface area contributed by atoms with Crippen LogP contribution < -0.4 is 0 Å². The lowest BCUT2D eigenvalue weighted by Crippen LogP contribution is -2.34. The topological polar surface area (TPSA) is 43.4 Å². The van der Waals surface area contributed by atoms with Crippen LogP contribution in [0.5, 0.6) is 0 Å². The fourth-order valence-corrected chi connectivity index (χ4v) is 4.52. The van der Waals surface area contributed by atoms with Gasteiger partial charge in [0.1, 0.15) is 5.92 Å². The summed E-state index contributed by atoms with van der Waals surface area (Å²) in [6.07, 6.45) is 3.35. The second-order valence-electron chi connectivity index (χ2n) is 2.97. The quantitative estimate of drug-likeness (QED) is 0.365. The highest BCUT2D eigenvalue weighted by molar-refractivity contribution is 9.12.